The number of nitro benzene ring substituents is 1. The molecule has 2 heterocycles. The van der Waals surface area contributed by atoms with Crippen LogP contribution in [-0.4, -0.2) is 31.8 Å². The van der Waals surface area contributed by atoms with Crippen molar-refractivity contribution in [3.8, 4) is 11.5 Å². The number of hydrogen-bond acceptors (Lipinski definition) is 8. The summed E-state index contributed by atoms with van der Waals surface area (Å²) in [6, 6.07) is 7.32. The number of nitro groups is 1. The number of hydrogen-bond donors (Lipinski definition) is 1. The zero-order chi connectivity index (χ0) is 18.5. The van der Waals surface area contributed by atoms with Gasteiger partial charge in [-0.15, -0.1) is 10.2 Å². The van der Waals surface area contributed by atoms with E-state index in [-0.39, 0.29) is 33.3 Å². The molecule has 1 amide bonds. The molecule has 0 atom stereocenters. The number of nitrogens with one attached hydrogen (secondary N) is 1. The number of amides is 1. The highest BCUT2D eigenvalue weighted by atomic mass is 35.5. The van der Waals surface area contributed by atoms with Gasteiger partial charge >= 0.3 is 0 Å². The first-order valence-electron chi connectivity index (χ1n) is 7.13. The molecule has 26 heavy (non-hydrogen) atoms. The summed E-state index contributed by atoms with van der Waals surface area (Å²) in [7, 11) is 0. The molecule has 0 unspecified atom stereocenters. The fourth-order valence-electron chi connectivity index (χ4n) is 1.91. The van der Waals surface area contributed by atoms with Crippen LogP contribution in [0, 0.1) is 10.1 Å². The Labute approximate surface area is 155 Å². The highest BCUT2D eigenvalue weighted by molar-refractivity contribution is 7.99. The number of pyridine rings is 1. The number of rotatable bonds is 6. The third kappa shape index (κ3) is 4.35. The molecule has 3 aromatic rings. The maximum Gasteiger partial charge on any atom is 0.277 e. The maximum absolute atomic E-state index is 12.0. The molecule has 0 aliphatic rings. The minimum atomic E-state index is -0.567. The van der Waals surface area contributed by atoms with Gasteiger partial charge in [-0.1, -0.05) is 23.4 Å². The number of anilines is 1. The maximum atomic E-state index is 12.0. The highest BCUT2D eigenvalue weighted by Gasteiger charge is 2.14. The number of halogens is 1. The predicted molar refractivity (Wildman–Crippen MR) is 95.0 cm³/mol. The summed E-state index contributed by atoms with van der Waals surface area (Å²) in [4.78, 5) is 26.1. The van der Waals surface area contributed by atoms with E-state index in [1.165, 1.54) is 18.2 Å². The summed E-state index contributed by atoms with van der Waals surface area (Å²) >= 11 is 6.99. The van der Waals surface area contributed by atoms with Gasteiger partial charge in [-0.05, 0) is 18.2 Å². The van der Waals surface area contributed by atoms with Gasteiger partial charge in [-0.2, -0.15) is 0 Å². The number of aromatic nitrogens is 3. The Hall–Kier alpha value is -2.98. The fourth-order valence-corrected chi connectivity index (χ4v) is 2.69. The number of carbonyl (C=O) groups is 1. The molecule has 0 saturated heterocycles. The van der Waals surface area contributed by atoms with E-state index in [9.17, 15) is 14.9 Å². The molecule has 0 spiro atoms. The fraction of sp³-hybridized carbons (Fsp3) is 0.0667. The third-order valence-electron chi connectivity index (χ3n) is 3.08. The van der Waals surface area contributed by atoms with Crippen LogP contribution in [0.4, 0.5) is 11.4 Å². The van der Waals surface area contributed by atoms with Crippen molar-refractivity contribution < 1.29 is 14.1 Å². The van der Waals surface area contributed by atoms with Gasteiger partial charge in [0, 0.05) is 24.5 Å². The molecule has 0 radical (unpaired) electrons. The predicted octanol–water partition coefficient (Wildman–Crippen LogP) is 3.42. The summed E-state index contributed by atoms with van der Waals surface area (Å²) < 4.78 is 5.46. The molecule has 9 nitrogen and oxygen atoms in total. The first kappa shape index (κ1) is 17.8. The molecule has 2 aromatic heterocycles. The average Bonchev–Trinajstić information content (AvgIpc) is 3.11. The minimum absolute atomic E-state index is 0.00197. The molecule has 0 aliphatic carbocycles. The van der Waals surface area contributed by atoms with E-state index in [0.29, 0.717) is 11.5 Å². The van der Waals surface area contributed by atoms with Gasteiger partial charge in [0.25, 0.3) is 10.9 Å². The second kappa shape index (κ2) is 7.93. The summed E-state index contributed by atoms with van der Waals surface area (Å²) in [5, 5.41) is 21.3. The van der Waals surface area contributed by atoms with E-state index in [4.69, 9.17) is 16.0 Å². The lowest BCUT2D eigenvalue weighted by atomic mass is 10.3. The molecule has 3 rings (SSSR count). The van der Waals surface area contributed by atoms with Crippen LogP contribution in [-0.2, 0) is 4.79 Å². The third-order valence-corrected chi connectivity index (χ3v) is 4.21. The van der Waals surface area contributed by atoms with E-state index in [1.54, 1.807) is 24.5 Å². The Morgan fingerprint density at radius 3 is 2.88 bits per heavy atom. The number of benzene rings is 1. The summed E-state index contributed by atoms with van der Waals surface area (Å²) in [5.74, 6) is -0.0616. The van der Waals surface area contributed by atoms with E-state index in [2.05, 4.69) is 20.5 Å². The lowest BCUT2D eigenvalue weighted by Gasteiger charge is -2.06. The van der Waals surface area contributed by atoms with Crippen LogP contribution in [0.15, 0.2) is 52.4 Å². The van der Waals surface area contributed by atoms with Crippen molar-refractivity contribution in [1.82, 2.24) is 15.2 Å². The number of carbonyl (C=O) groups excluding carboxylic acids is 1. The van der Waals surface area contributed by atoms with Gasteiger partial charge in [-0.25, -0.2) is 0 Å². The average molecular weight is 392 g/mol. The molecule has 0 aliphatic heterocycles. The van der Waals surface area contributed by atoms with Crippen molar-refractivity contribution in [2.45, 2.75) is 5.22 Å². The molecule has 1 aromatic carbocycles. The number of non-ortho nitro benzene ring substituents is 1. The second-order valence-corrected chi connectivity index (χ2v) is 6.21. The first-order valence-corrected chi connectivity index (χ1v) is 8.50. The van der Waals surface area contributed by atoms with Gasteiger partial charge in [0.2, 0.25) is 11.8 Å². The van der Waals surface area contributed by atoms with Crippen LogP contribution >= 0.6 is 23.4 Å². The van der Waals surface area contributed by atoms with Crippen LogP contribution in [0.5, 0.6) is 0 Å². The number of nitrogens with zero attached hydrogens (tertiary/aromatic N) is 4. The van der Waals surface area contributed by atoms with Crippen molar-refractivity contribution in [2.24, 2.45) is 0 Å². The van der Waals surface area contributed by atoms with Crippen molar-refractivity contribution in [3.63, 3.8) is 0 Å². The molecule has 0 saturated carbocycles. The van der Waals surface area contributed by atoms with E-state index >= 15 is 0 Å². The van der Waals surface area contributed by atoms with E-state index < -0.39 is 4.92 Å². The monoisotopic (exact) mass is 391 g/mol. The number of thioether (sulfide) groups is 1. The van der Waals surface area contributed by atoms with Crippen molar-refractivity contribution in [3.05, 3.63) is 57.9 Å². The summed E-state index contributed by atoms with van der Waals surface area (Å²) in [6.45, 7) is 0. The lowest BCUT2D eigenvalue weighted by Crippen LogP contribution is -2.14. The Bertz CT molecular complexity index is 950. The standard InChI is InChI=1S/C15H10ClN5O4S/c16-11-6-10(21(23)24)3-4-12(11)18-13(22)8-26-15-20-19-14(25-15)9-2-1-5-17-7-9/h1-7H,8H2,(H,18,22). The molecule has 1 N–H and O–H groups in total. The van der Waals surface area contributed by atoms with Gasteiger partial charge in [0.15, 0.2) is 0 Å². The van der Waals surface area contributed by atoms with Crippen molar-refractivity contribution >= 4 is 40.6 Å². The quantitative estimate of drug-likeness (QED) is 0.385. The van der Waals surface area contributed by atoms with Crippen molar-refractivity contribution in [2.75, 3.05) is 11.1 Å². The van der Waals surface area contributed by atoms with Gasteiger partial charge < -0.3 is 9.73 Å². The topological polar surface area (TPSA) is 124 Å². The van der Waals surface area contributed by atoms with Crippen LogP contribution in [0.1, 0.15) is 0 Å². The highest BCUT2D eigenvalue weighted by Crippen LogP contribution is 2.27. The van der Waals surface area contributed by atoms with Crippen molar-refractivity contribution in [1.29, 1.82) is 0 Å². The second-order valence-electron chi connectivity index (χ2n) is 4.87. The van der Waals surface area contributed by atoms with Crippen LogP contribution < -0.4 is 5.32 Å². The zero-order valence-electron chi connectivity index (χ0n) is 13.0. The Morgan fingerprint density at radius 2 is 2.19 bits per heavy atom. The van der Waals surface area contributed by atoms with Crippen LogP contribution in [0.2, 0.25) is 5.02 Å². The Balaban J connectivity index is 1.58. The van der Waals surface area contributed by atoms with Crippen LogP contribution in [0.25, 0.3) is 11.5 Å². The van der Waals surface area contributed by atoms with Crippen LogP contribution in [0.3, 0.4) is 0 Å². The first-order chi connectivity index (χ1) is 12.5. The molecule has 11 heteroatoms. The molecule has 0 bridgehead atoms. The molecular weight excluding hydrogens is 382 g/mol. The molecular formula is C15H10ClN5O4S. The molecule has 132 valence electrons. The largest absolute Gasteiger partial charge is 0.411 e. The summed E-state index contributed by atoms with van der Waals surface area (Å²) in [6.07, 6.45) is 3.22. The van der Waals surface area contributed by atoms with Gasteiger partial charge in [-0.3, -0.25) is 19.9 Å². The normalized spacial score (nSPS) is 10.5. The Morgan fingerprint density at radius 1 is 1.35 bits per heavy atom. The lowest BCUT2D eigenvalue weighted by molar-refractivity contribution is -0.384. The zero-order valence-corrected chi connectivity index (χ0v) is 14.5. The van der Waals surface area contributed by atoms with Gasteiger partial charge in [0.1, 0.15) is 0 Å². The van der Waals surface area contributed by atoms with E-state index in [0.717, 1.165) is 11.8 Å². The molecule has 0 fully saturated rings. The van der Waals surface area contributed by atoms with E-state index in [1.807, 2.05) is 0 Å². The van der Waals surface area contributed by atoms with Gasteiger partial charge in [0.05, 0.1) is 26.9 Å². The Kier molecular flexibility index (Phi) is 5.44. The summed E-state index contributed by atoms with van der Waals surface area (Å²) in [5.41, 5.74) is 0.801. The SMILES string of the molecule is O=C(CSc1nnc(-c2cccnc2)o1)Nc1ccc([N+](=O)[O-])cc1Cl. The smallest absolute Gasteiger partial charge is 0.277 e. The minimum Gasteiger partial charge on any atom is -0.411 e.